The zero-order chi connectivity index (χ0) is 19.6. The van der Waals surface area contributed by atoms with Crippen molar-refractivity contribution in [3.63, 3.8) is 0 Å². The summed E-state index contributed by atoms with van der Waals surface area (Å²) in [6.07, 6.45) is 6.78. The normalized spacial score (nSPS) is 21.9. The van der Waals surface area contributed by atoms with E-state index in [1.807, 2.05) is 0 Å². The molecule has 0 amide bonds. The average Bonchev–Trinajstić information content (AvgIpc) is 3.24. The molecule has 0 aromatic heterocycles. The van der Waals surface area contributed by atoms with E-state index in [-0.39, 0.29) is 0 Å². The molecule has 1 aliphatic carbocycles. The largest absolute Gasteiger partial charge is 0.493 e. The number of hydrogen-bond acceptors (Lipinski definition) is 2. The molecule has 0 fully saturated rings. The number of aryl methyl sites for hydroxylation is 1. The maximum atomic E-state index is 6.10. The van der Waals surface area contributed by atoms with Crippen molar-refractivity contribution in [3.05, 3.63) is 107 Å². The van der Waals surface area contributed by atoms with Gasteiger partial charge in [-0.2, -0.15) is 0 Å². The van der Waals surface area contributed by atoms with Crippen LogP contribution >= 0.6 is 0 Å². The van der Waals surface area contributed by atoms with Gasteiger partial charge in [0.2, 0.25) is 0 Å². The molecule has 3 atom stereocenters. The van der Waals surface area contributed by atoms with Gasteiger partial charge in [-0.05, 0) is 54.2 Å². The first kappa shape index (κ1) is 18.1. The fraction of sp³-hybridized carbons (Fsp3) is 0.259. The van der Waals surface area contributed by atoms with Gasteiger partial charge < -0.3 is 10.1 Å². The number of allylic oxidation sites excluding steroid dienone is 2. The van der Waals surface area contributed by atoms with Crippen LogP contribution in [-0.2, 0) is 6.42 Å². The molecule has 0 spiro atoms. The van der Waals surface area contributed by atoms with Gasteiger partial charge in [0.15, 0.2) is 0 Å². The summed E-state index contributed by atoms with van der Waals surface area (Å²) in [5.41, 5.74) is 6.62. The van der Waals surface area contributed by atoms with E-state index in [1.54, 1.807) is 0 Å². The highest BCUT2D eigenvalue weighted by molar-refractivity contribution is 5.61. The Morgan fingerprint density at radius 3 is 2.72 bits per heavy atom. The minimum atomic E-state index is 0.354. The van der Waals surface area contributed by atoms with Crippen LogP contribution in [-0.4, -0.2) is 6.61 Å². The van der Waals surface area contributed by atoms with Gasteiger partial charge >= 0.3 is 0 Å². The van der Waals surface area contributed by atoms with E-state index in [0.29, 0.717) is 24.5 Å². The molecule has 1 N–H and O–H groups in total. The molecule has 3 aromatic rings. The lowest BCUT2D eigenvalue weighted by Gasteiger charge is -2.37. The third-order valence-electron chi connectivity index (χ3n) is 6.24. The summed E-state index contributed by atoms with van der Waals surface area (Å²) >= 11 is 0. The predicted molar refractivity (Wildman–Crippen MR) is 120 cm³/mol. The van der Waals surface area contributed by atoms with Crippen LogP contribution in [0.25, 0.3) is 0 Å². The van der Waals surface area contributed by atoms with Gasteiger partial charge in [0, 0.05) is 18.0 Å². The molecule has 1 aliphatic heterocycles. The van der Waals surface area contributed by atoms with Crippen LogP contribution in [0.3, 0.4) is 0 Å². The number of anilines is 1. The lowest BCUT2D eigenvalue weighted by Crippen LogP contribution is -2.29. The van der Waals surface area contributed by atoms with E-state index in [2.05, 4.69) is 97.2 Å². The predicted octanol–water partition coefficient (Wildman–Crippen LogP) is 6.44. The highest BCUT2D eigenvalue weighted by Crippen LogP contribution is 2.50. The van der Waals surface area contributed by atoms with Crippen molar-refractivity contribution in [2.75, 3.05) is 11.9 Å². The van der Waals surface area contributed by atoms with Crippen LogP contribution in [0.2, 0.25) is 0 Å². The van der Waals surface area contributed by atoms with Gasteiger partial charge in [0.05, 0.1) is 12.6 Å². The molecule has 29 heavy (non-hydrogen) atoms. The molecule has 2 aliphatic rings. The molecule has 2 heteroatoms. The molecule has 3 aromatic carbocycles. The Labute approximate surface area is 173 Å². The monoisotopic (exact) mass is 381 g/mol. The number of ether oxygens (including phenoxy) is 1. The molecular weight excluding hydrogens is 354 g/mol. The first-order valence-electron chi connectivity index (χ1n) is 10.6. The van der Waals surface area contributed by atoms with E-state index >= 15 is 0 Å². The van der Waals surface area contributed by atoms with Crippen molar-refractivity contribution >= 4 is 5.69 Å². The van der Waals surface area contributed by atoms with E-state index in [0.717, 1.165) is 18.6 Å². The maximum Gasteiger partial charge on any atom is 0.119 e. The van der Waals surface area contributed by atoms with Crippen LogP contribution in [0.1, 0.15) is 40.6 Å². The first-order chi connectivity index (χ1) is 14.3. The van der Waals surface area contributed by atoms with Crippen LogP contribution in [0.5, 0.6) is 5.75 Å². The summed E-state index contributed by atoms with van der Waals surface area (Å²) in [6.45, 7) is 2.87. The zero-order valence-electron chi connectivity index (χ0n) is 16.8. The number of hydrogen-bond donors (Lipinski definition) is 1. The molecule has 0 saturated carbocycles. The Balaban J connectivity index is 1.35. The van der Waals surface area contributed by atoms with Crippen LogP contribution < -0.4 is 10.1 Å². The van der Waals surface area contributed by atoms with E-state index in [4.69, 9.17) is 4.74 Å². The Morgan fingerprint density at radius 1 is 0.966 bits per heavy atom. The molecule has 2 nitrogen and oxygen atoms in total. The van der Waals surface area contributed by atoms with Crippen LogP contribution in [0, 0.1) is 12.8 Å². The minimum Gasteiger partial charge on any atom is -0.493 e. The van der Waals surface area contributed by atoms with Gasteiger partial charge in [-0.1, -0.05) is 72.3 Å². The van der Waals surface area contributed by atoms with Gasteiger partial charge in [-0.15, -0.1) is 0 Å². The molecule has 146 valence electrons. The second kappa shape index (κ2) is 7.79. The molecule has 0 radical (unpaired) electrons. The zero-order valence-corrected chi connectivity index (χ0v) is 16.8. The average molecular weight is 382 g/mol. The summed E-state index contributed by atoms with van der Waals surface area (Å²) in [6, 6.07) is 26.3. The topological polar surface area (TPSA) is 21.3 Å². The van der Waals surface area contributed by atoms with E-state index in [9.17, 15) is 0 Å². The lowest BCUT2D eigenvalue weighted by molar-refractivity contribution is 0.320. The molecule has 0 bridgehead atoms. The smallest absolute Gasteiger partial charge is 0.119 e. The highest BCUT2D eigenvalue weighted by atomic mass is 16.5. The van der Waals surface area contributed by atoms with Gasteiger partial charge in [-0.25, -0.2) is 0 Å². The maximum absolute atomic E-state index is 6.10. The number of fused-ring (bicyclic) bond motifs is 3. The van der Waals surface area contributed by atoms with Crippen molar-refractivity contribution in [1.29, 1.82) is 0 Å². The van der Waals surface area contributed by atoms with E-state index < -0.39 is 0 Å². The third kappa shape index (κ3) is 3.67. The Bertz CT molecular complexity index is 1020. The van der Waals surface area contributed by atoms with Crippen LogP contribution in [0.4, 0.5) is 5.69 Å². The molecule has 0 saturated heterocycles. The summed E-state index contributed by atoms with van der Waals surface area (Å²) in [7, 11) is 0. The SMILES string of the molecule is Cc1cccc(C2Nc3ccc(OCCc4ccccc4)cc3C3C=CCC32)c1. The van der Waals surface area contributed by atoms with Gasteiger partial charge in [0.1, 0.15) is 5.75 Å². The second-order valence-electron chi connectivity index (χ2n) is 8.22. The third-order valence-corrected chi connectivity index (χ3v) is 6.24. The molecule has 1 heterocycles. The van der Waals surface area contributed by atoms with Crippen molar-refractivity contribution < 1.29 is 4.74 Å². The summed E-state index contributed by atoms with van der Waals surface area (Å²) in [5, 5.41) is 3.83. The highest BCUT2D eigenvalue weighted by Gasteiger charge is 2.38. The molecule has 3 unspecified atom stereocenters. The number of rotatable bonds is 5. The van der Waals surface area contributed by atoms with Crippen molar-refractivity contribution in [2.24, 2.45) is 5.92 Å². The lowest BCUT2D eigenvalue weighted by atomic mass is 9.77. The standard InChI is InChI=1S/C27H27NO/c1-19-7-5-10-21(17-19)27-24-12-6-11-23(24)25-18-22(13-14-26(25)28-27)29-16-15-20-8-3-2-4-9-20/h2-11,13-14,17-18,23-24,27-28H,12,15-16H2,1H3. The Morgan fingerprint density at radius 2 is 1.86 bits per heavy atom. The number of benzene rings is 3. The Hall–Kier alpha value is -3.00. The summed E-state index contributed by atoms with van der Waals surface area (Å²) in [4.78, 5) is 0. The summed E-state index contributed by atoms with van der Waals surface area (Å²) < 4.78 is 6.10. The first-order valence-corrected chi connectivity index (χ1v) is 10.6. The van der Waals surface area contributed by atoms with Crippen molar-refractivity contribution in [3.8, 4) is 5.75 Å². The minimum absolute atomic E-state index is 0.354. The fourth-order valence-corrected chi connectivity index (χ4v) is 4.79. The molecular formula is C27H27NO. The molecule has 5 rings (SSSR count). The fourth-order valence-electron chi connectivity index (χ4n) is 4.79. The van der Waals surface area contributed by atoms with Gasteiger partial charge in [-0.3, -0.25) is 0 Å². The Kier molecular flexibility index (Phi) is 4.85. The number of nitrogens with one attached hydrogen (secondary N) is 1. The summed E-state index contributed by atoms with van der Waals surface area (Å²) in [5.74, 6) is 1.98. The van der Waals surface area contributed by atoms with Crippen molar-refractivity contribution in [1.82, 2.24) is 0 Å². The second-order valence-corrected chi connectivity index (χ2v) is 8.22. The van der Waals surface area contributed by atoms with E-state index in [1.165, 1.54) is 27.9 Å². The van der Waals surface area contributed by atoms with Gasteiger partial charge in [0.25, 0.3) is 0 Å². The van der Waals surface area contributed by atoms with Crippen LogP contribution in [0.15, 0.2) is 84.9 Å². The quantitative estimate of drug-likeness (QED) is 0.513. The van der Waals surface area contributed by atoms with Crippen molar-refractivity contribution in [2.45, 2.75) is 31.7 Å².